The molecule has 5 nitrogen and oxygen atoms in total. The van der Waals surface area contributed by atoms with Crippen LogP contribution in [0.1, 0.15) is 22.3 Å². The number of hydrogen-bond acceptors (Lipinski definition) is 5. The Morgan fingerprint density at radius 3 is 2.81 bits per heavy atom. The summed E-state index contributed by atoms with van der Waals surface area (Å²) in [7, 11) is 0. The molecule has 0 aliphatic heterocycles. The van der Waals surface area contributed by atoms with E-state index >= 15 is 0 Å². The van der Waals surface area contributed by atoms with E-state index in [9.17, 15) is 18.0 Å². The fourth-order valence-corrected chi connectivity index (χ4v) is 2.24. The van der Waals surface area contributed by atoms with Gasteiger partial charge in [0.1, 0.15) is 0 Å². The molecule has 21 heavy (non-hydrogen) atoms. The van der Waals surface area contributed by atoms with Gasteiger partial charge in [-0.1, -0.05) is 17.4 Å². The highest BCUT2D eigenvalue weighted by atomic mass is 32.1. The van der Waals surface area contributed by atoms with Gasteiger partial charge >= 0.3 is 12.1 Å². The van der Waals surface area contributed by atoms with Crippen molar-refractivity contribution in [2.24, 2.45) is 0 Å². The third-order valence-electron chi connectivity index (χ3n) is 2.44. The average molecular weight is 317 g/mol. The quantitative estimate of drug-likeness (QED) is 0.885. The maximum atomic E-state index is 12.7. The van der Waals surface area contributed by atoms with Gasteiger partial charge in [-0.15, -0.1) is 5.10 Å². The topological polar surface area (TPSA) is 68.0 Å². The van der Waals surface area contributed by atoms with Crippen LogP contribution in [0, 0.1) is 5.41 Å². The number of esters is 1. The number of nitrogens with one attached hydrogen (secondary N) is 1. The molecule has 0 unspecified atom stereocenters. The zero-order chi connectivity index (χ0) is 15.6. The van der Waals surface area contributed by atoms with E-state index < -0.39 is 17.7 Å². The maximum absolute atomic E-state index is 12.7. The molecule has 1 aromatic carbocycles. The molecular formula is C12H10F3N3O2S. The first-order valence-electron chi connectivity index (χ1n) is 5.82. The number of carbonyl (C=O) groups excluding carboxylic acids is 1. The van der Waals surface area contributed by atoms with Crippen LogP contribution in [0.25, 0.3) is 5.69 Å². The molecule has 0 saturated heterocycles. The molecule has 0 aliphatic carbocycles. The monoisotopic (exact) mass is 317 g/mol. The highest BCUT2D eigenvalue weighted by Gasteiger charge is 2.30. The molecule has 0 fully saturated rings. The molecule has 0 atom stereocenters. The SMILES string of the molecule is CCOC(=O)c1nn(-c2cccc(C(F)(F)F)c2)c(=N)s1. The van der Waals surface area contributed by atoms with Gasteiger partial charge in [0.25, 0.3) is 0 Å². The summed E-state index contributed by atoms with van der Waals surface area (Å²) in [5, 5.41) is 11.5. The van der Waals surface area contributed by atoms with Crippen LogP contribution in [0.5, 0.6) is 0 Å². The number of hydrogen-bond donors (Lipinski definition) is 1. The number of ether oxygens (including phenoxy) is 1. The van der Waals surface area contributed by atoms with Gasteiger partial charge in [-0.2, -0.15) is 13.2 Å². The summed E-state index contributed by atoms with van der Waals surface area (Å²) in [4.78, 5) is 11.3. The van der Waals surface area contributed by atoms with E-state index in [1.807, 2.05) is 0 Å². The molecule has 1 aromatic heterocycles. The number of carbonyl (C=O) groups is 1. The lowest BCUT2D eigenvalue weighted by atomic mass is 10.2. The van der Waals surface area contributed by atoms with Gasteiger partial charge in [-0.05, 0) is 25.1 Å². The van der Waals surface area contributed by atoms with E-state index in [2.05, 4.69) is 5.10 Å². The summed E-state index contributed by atoms with van der Waals surface area (Å²) in [6.45, 7) is 1.77. The zero-order valence-corrected chi connectivity index (χ0v) is 11.6. The lowest BCUT2D eigenvalue weighted by molar-refractivity contribution is -0.137. The van der Waals surface area contributed by atoms with Gasteiger partial charge in [0, 0.05) is 0 Å². The Bertz CT molecular complexity index is 721. The minimum atomic E-state index is -4.49. The van der Waals surface area contributed by atoms with Crippen molar-refractivity contribution in [2.45, 2.75) is 13.1 Å². The molecule has 1 N–H and O–H groups in total. The first-order valence-corrected chi connectivity index (χ1v) is 6.64. The Morgan fingerprint density at radius 1 is 1.48 bits per heavy atom. The van der Waals surface area contributed by atoms with Crippen LogP contribution in [-0.2, 0) is 10.9 Å². The first-order chi connectivity index (χ1) is 9.82. The number of rotatable bonds is 3. The first kappa shape index (κ1) is 15.2. The second kappa shape index (κ2) is 5.68. The Hall–Kier alpha value is -2.16. The Kier molecular flexibility index (Phi) is 4.12. The summed E-state index contributed by atoms with van der Waals surface area (Å²) in [6, 6.07) is 4.38. The van der Waals surface area contributed by atoms with Crippen molar-refractivity contribution >= 4 is 17.3 Å². The molecule has 112 valence electrons. The third-order valence-corrected chi connectivity index (χ3v) is 3.25. The number of aromatic nitrogens is 2. The van der Waals surface area contributed by atoms with E-state index in [0.29, 0.717) is 0 Å². The Morgan fingerprint density at radius 2 is 2.19 bits per heavy atom. The molecule has 2 aromatic rings. The normalized spacial score (nSPS) is 11.4. The molecule has 1 heterocycles. The van der Waals surface area contributed by atoms with Crippen LogP contribution in [-0.4, -0.2) is 22.4 Å². The molecule has 0 saturated carbocycles. The fraction of sp³-hybridized carbons (Fsp3) is 0.250. The molecule has 0 spiro atoms. The van der Waals surface area contributed by atoms with E-state index in [1.54, 1.807) is 6.92 Å². The second-order valence-electron chi connectivity index (χ2n) is 3.89. The van der Waals surface area contributed by atoms with Crippen LogP contribution >= 0.6 is 11.3 Å². The van der Waals surface area contributed by atoms with Crippen molar-refractivity contribution in [2.75, 3.05) is 6.61 Å². The van der Waals surface area contributed by atoms with Crippen molar-refractivity contribution in [3.8, 4) is 5.69 Å². The number of nitrogens with zero attached hydrogens (tertiary/aromatic N) is 2. The lowest BCUT2D eigenvalue weighted by Crippen LogP contribution is -2.14. The number of halogens is 3. The van der Waals surface area contributed by atoms with Crippen molar-refractivity contribution in [1.29, 1.82) is 5.41 Å². The summed E-state index contributed by atoms with van der Waals surface area (Å²) >= 11 is 0.733. The molecule has 2 rings (SSSR count). The largest absolute Gasteiger partial charge is 0.461 e. The van der Waals surface area contributed by atoms with Crippen molar-refractivity contribution in [1.82, 2.24) is 9.78 Å². The lowest BCUT2D eigenvalue weighted by Gasteiger charge is -2.08. The van der Waals surface area contributed by atoms with E-state index in [1.165, 1.54) is 12.1 Å². The molecule has 9 heteroatoms. The minimum Gasteiger partial charge on any atom is -0.461 e. The Labute approximate surface area is 121 Å². The maximum Gasteiger partial charge on any atom is 0.416 e. The molecule has 0 aliphatic rings. The van der Waals surface area contributed by atoms with Crippen molar-refractivity contribution in [3.63, 3.8) is 0 Å². The molecule has 0 radical (unpaired) electrons. The van der Waals surface area contributed by atoms with Crippen LogP contribution < -0.4 is 4.80 Å². The standard InChI is InChI=1S/C12H10F3N3O2S/c1-2-20-10(19)9-17-18(11(16)21-9)8-5-3-4-7(6-8)12(13,14)15/h3-6,16H,2H2,1H3. The number of alkyl halides is 3. The number of benzene rings is 1. The molecule has 0 bridgehead atoms. The Balaban J connectivity index is 2.44. The summed E-state index contributed by atoms with van der Waals surface area (Å²) in [5.74, 6) is -0.707. The van der Waals surface area contributed by atoms with E-state index in [-0.39, 0.29) is 22.1 Å². The summed E-state index contributed by atoms with van der Waals surface area (Å²) in [6.07, 6.45) is -4.49. The van der Waals surface area contributed by atoms with Gasteiger partial charge in [-0.3, -0.25) is 5.41 Å². The van der Waals surface area contributed by atoms with Crippen LogP contribution in [0.3, 0.4) is 0 Å². The van der Waals surface area contributed by atoms with E-state index in [0.717, 1.165) is 28.2 Å². The van der Waals surface area contributed by atoms with Gasteiger partial charge in [0.15, 0.2) is 0 Å². The summed E-state index contributed by atoms with van der Waals surface area (Å²) < 4.78 is 43.7. The van der Waals surface area contributed by atoms with Gasteiger partial charge in [0.2, 0.25) is 9.81 Å². The van der Waals surface area contributed by atoms with Crippen LogP contribution in [0.15, 0.2) is 24.3 Å². The predicted octanol–water partition coefficient (Wildman–Crippen LogP) is 2.61. The highest BCUT2D eigenvalue weighted by molar-refractivity contribution is 7.10. The van der Waals surface area contributed by atoms with Gasteiger partial charge in [-0.25, -0.2) is 9.48 Å². The van der Waals surface area contributed by atoms with Crippen molar-refractivity contribution < 1.29 is 22.7 Å². The van der Waals surface area contributed by atoms with E-state index in [4.69, 9.17) is 10.1 Å². The minimum absolute atomic E-state index is 0.0571. The van der Waals surface area contributed by atoms with Gasteiger partial charge < -0.3 is 4.74 Å². The summed E-state index contributed by atoms with van der Waals surface area (Å²) in [5.41, 5.74) is -0.792. The third kappa shape index (κ3) is 3.30. The zero-order valence-electron chi connectivity index (χ0n) is 10.8. The van der Waals surface area contributed by atoms with Crippen LogP contribution in [0.4, 0.5) is 13.2 Å². The average Bonchev–Trinajstić information content (AvgIpc) is 2.80. The molecular weight excluding hydrogens is 307 g/mol. The highest BCUT2D eigenvalue weighted by Crippen LogP contribution is 2.30. The molecule has 0 amide bonds. The fourth-order valence-electron chi connectivity index (χ4n) is 1.56. The van der Waals surface area contributed by atoms with Crippen LogP contribution in [0.2, 0.25) is 0 Å². The predicted molar refractivity (Wildman–Crippen MR) is 68.3 cm³/mol. The van der Waals surface area contributed by atoms with Crippen molar-refractivity contribution in [3.05, 3.63) is 39.6 Å². The second-order valence-corrected chi connectivity index (χ2v) is 4.87. The smallest absolute Gasteiger partial charge is 0.416 e. The van der Waals surface area contributed by atoms with Gasteiger partial charge in [0.05, 0.1) is 17.9 Å².